The van der Waals surface area contributed by atoms with Gasteiger partial charge in [-0.05, 0) is 39.2 Å². The zero-order chi connectivity index (χ0) is 16.9. The van der Waals surface area contributed by atoms with Crippen molar-refractivity contribution < 1.29 is 18.7 Å². The van der Waals surface area contributed by atoms with E-state index in [4.69, 9.17) is 9.15 Å². The predicted octanol–water partition coefficient (Wildman–Crippen LogP) is 1.56. The third-order valence-corrected chi connectivity index (χ3v) is 4.79. The van der Waals surface area contributed by atoms with E-state index >= 15 is 0 Å². The Bertz CT molecular complexity index is 572. The summed E-state index contributed by atoms with van der Waals surface area (Å²) in [7, 11) is 0. The molecule has 0 aromatic carbocycles. The molecule has 1 unspecified atom stereocenters. The van der Waals surface area contributed by atoms with Gasteiger partial charge in [-0.1, -0.05) is 0 Å². The molecule has 7 heteroatoms. The van der Waals surface area contributed by atoms with Crippen molar-refractivity contribution in [3.05, 3.63) is 17.8 Å². The molecule has 0 spiro atoms. The second kappa shape index (κ2) is 7.79. The van der Waals surface area contributed by atoms with Gasteiger partial charge in [-0.15, -0.1) is 0 Å². The maximum absolute atomic E-state index is 12.6. The minimum Gasteiger partial charge on any atom is -0.466 e. The van der Waals surface area contributed by atoms with Crippen molar-refractivity contribution >= 4 is 11.9 Å². The molecule has 0 radical (unpaired) electrons. The van der Waals surface area contributed by atoms with Crippen LogP contribution < -0.4 is 5.32 Å². The van der Waals surface area contributed by atoms with E-state index in [1.54, 1.807) is 11.8 Å². The number of esters is 1. The standard InChI is InChI=1S/C17H25N3O4/c1-2-23-17(22)12-5-8-20(9-6-12)16(21)14-11-24-15(19-14)13-4-3-7-18-10-13/h11-13,18H,2-10H2,1H3. The molecule has 2 fully saturated rings. The third-order valence-electron chi connectivity index (χ3n) is 4.79. The number of oxazole rings is 1. The maximum Gasteiger partial charge on any atom is 0.309 e. The first-order chi connectivity index (χ1) is 11.7. The van der Waals surface area contributed by atoms with Gasteiger partial charge in [-0.25, -0.2) is 4.98 Å². The van der Waals surface area contributed by atoms with Gasteiger partial charge in [0, 0.05) is 25.6 Å². The fraction of sp³-hybridized carbons (Fsp3) is 0.706. The van der Waals surface area contributed by atoms with E-state index in [1.165, 1.54) is 6.26 Å². The molecule has 132 valence electrons. The predicted molar refractivity (Wildman–Crippen MR) is 86.6 cm³/mol. The Hall–Kier alpha value is -1.89. The van der Waals surface area contributed by atoms with Crippen molar-refractivity contribution in [2.45, 2.75) is 38.5 Å². The van der Waals surface area contributed by atoms with Crippen LogP contribution >= 0.6 is 0 Å². The van der Waals surface area contributed by atoms with E-state index in [0.717, 1.165) is 25.9 Å². The minimum atomic E-state index is -0.155. The van der Waals surface area contributed by atoms with E-state index in [2.05, 4.69) is 10.3 Å². The van der Waals surface area contributed by atoms with Crippen LogP contribution in [0.15, 0.2) is 10.7 Å². The number of nitrogens with zero attached hydrogens (tertiary/aromatic N) is 2. The monoisotopic (exact) mass is 335 g/mol. The quantitative estimate of drug-likeness (QED) is 0.841. The number of aromatic nitrogens is 1. The number of nitrogens with one attached hydrogen (secondary N) is 1. The highest BCUT2D eigenvalue weighted by Gasteiger charge is 2.30. The summed E-state index contributed by atoms with van der Waals surface area (Å²) in [5, 5.41) is 3.32. The first-order valence-corrected chi connectivity index (χ1v) is 8.81. The van der Waals surface area contributed by atoms with Crippen molar-refractivity contribution in [3.63, 3.8) is 0 Å². The van der Waals surface area contributed by atoms with Crippen LogP contribution in [0.4, 0.5) is 0 Å². The van der Waals surface area contributed by atoms with Gasteiger partial charge in [0.05, 0.1) is 12.5 Å². The molecule has 0 bridgehead atoms. The molecule has 1 aromatic heterocycles. The van der Waals surface area contributed by atoms with Crippen LogP contribution in [-0.4, -0.2) is 54.5 Å². The molecule has 1 amide bonds. The molecule has 2 aliphatic heterocycles. The number of hydrogen-bond acceptors (Lipinski definition) is 6. The average molecular weight is 335 g/mol. The van der Waals surface area contributed by atoms with E-state index in [1.807, 2.05) is 0 Å². The van der Waals surface area contributed by atoms with Crippen LogP contribution in [0.2, 0.25) is 0 Å². The van der Waals surface area contributed by atoms with Gasteiger partial charge in [-0.2, -0.15) is 0 Å². The summed E-state index contributed by atoms with van der Waals surface area (Å²) in [5.41, 5.74) is 0.366. The summed E-state index contributed by atoms with van der Waals surface area (Å²) in [5.74, 6) is 0.520. The number of hydrogen-bond donors (Lipinski definition) is 1. The lowest BCUT2D eigenvalue weighted by Gasteiger charge is -2.30. The van der Waals surface area contributed by atoms with E-state index in [-0.39, 0.29) is 23.7 Å². The van der Waals surface area contributed by atoms with Gasteiger partial charge >= 0.3 is 5.97 Å². The Balaban J connectivity index is 1.55. The Morgan fingerprint density at radius 1 is 1.38 bits per heavy atom. The van der Waals surface area contributed by atoms with E-state index < -0.39 is 0 Å². The highest BCUT2D eigenvalue weighted by atomic mass is 16.5. The van der Waals surface area contributed by atoms with Crippen molar-refractivity contribution in [3.8, 4) is 0 Å². The topological polar surface area (TPSA) is 84.7 Å². The summed E-state index contributed by atoms with van der Waals surface area (Å²) in [4.78, 5) is 30.5. The van der Waals surface area contributed by atoms with Gasteiger partial charge in [0.2, 0.25) is 0 Å². The van der Waals surface area contributed by atoms with E-state index in [0.29, 0.717) is 44.1 Å². The fourth-order valence-electron chi connectivity index (χ4n) is 3.38. The lowest BCUT2D eigenvalue weighted by Crippen LogP contribution is -2.40. The molecule has 2 aliphatic rings. The second-order valence-corrected chi connectivity index (χ2v) is 6.43. The minimum absolute atomic E-state index is 0.102. The average Bonchev–Trinajstić information content (AvgIpc) is 3.12. The Labute approximate surface area is 141 Å². The van der Waals surface area contributed by atoms with Gasteiger partial charge in [-0.3, -0.25) is 9.59 Å². The van der Waals surface area contributed by atoms with Crippen LogP contribution in [-0.2, 0) is 9.53 Å². The molecule has 7 nitrogen and oxygen atoms in total. The molecule has 24 heavy (non-hydrogen) atoms. The number of amides is 1. The highest BCUT2D eigenvalue weighted by Crippen LogP contribution is 2.24. The van der Waals surface area contributed by atoms with Crippen LogP contribution in [0, 0.1) is 5.92 Å². The maximum atomic E-state index is 12.6. The molecule has 0 aliphatic carbocycles. The number of piperidine rings is 2. The highest BCUT2D eigenvalue weighted by molar-refractivity contribution is 5.92. The van der Waals surface area contributed by atoms with Crippen LogP contribution in [0.1, 0.15) is 54.9 Å². The Morgan fingerprint density at radius 3 is 2.83 bits per heavy atom. The zero-order valence-electron chi connectivity index (χ0n) is 14.1. The first-order valence-electron chi connectivity index (χ1n) is 8.81. The normalized spacial score (nSPS) is 22.4. The van der Waals surface area contributed by atoms with Crippen molar-refractivity contribution in [1.82, 2.24) is 15.2 Å². The SMILES string of the molecule is CCOC(=O)C1CCN(C(=O)c2coc(C3CCCNC3)n2)CC1. The summed E-state index contributed by atoms with van der Waals surface area (Å²) < 4.78 is 10.6. The molecular formula is C17H25N3O4. The summed E-state index contributed by atoms with van der Waals surface area (Å²) >= 11 is 0. The van der Waals surface area contributed by atoms with Gasteiger partial charge in [0.1, 0.15) is 6.26 Å². The molecule has 3 heterocycles. The second-order valence-electron chi connectivity index (χ2n) is 6.43. The molecule has 3 rings (SSSR count). The molecule has 1 N–H and O–H groups in total. The molecule has 1 aromatic rings. The van der Waals surface area contributed by atoms with Crippen LogP contribution in [0.5, 0.6) is 0 Å². The summed E-state index contributed by atoms with van der Waals surface area (Å²) in [6, 6.07) is 0. The lowest BCUT2D eigenvalue weighted by molar-refractivity contribution is -0.149. The number of carbonyl (C=O) groups excluding carboxylic acids is 2. The molecular weight excluding hydrogens is 310 g/mol. The molecule has 2 saturated heterocycles. The van der Waals surface area contributed by atoms with Gasteiger partial charge in [0.25, 0.3) is 5.91 Å². The number of rotatable bonds is 4. The molecule has 1 atom stereocenters. The third kappa shape index (κ3) is 3.77. The van der Waals surface area contributed by atoms with Crippen molar-refractivity contribution in [2.75, 3.05) is 32.8 Å². The Kier molecular flexibility index (Phi) is 5.50. The number of ether oxygens (including phenoxy) is 1. The summed E-state index contributed by atoms with van der Waals surface area (Å²) in [6.45, 7) is 5.18. The van der Waals surface area contributed by atoms with Gasteiger partial charge in [0.15, 0.2) is 11.6 Å². The number of carbonyl (C=O) groups is 2. The zero-order valence-corrected chi connectivity index (χ0v) is 14.1. The number of likely N-dealkylation sites (tertiary alicyclic amines) is 1. The first kappa shape index (κ1) is 17.0. The summed E-state index contributed by atoms with van der Waals surface area (Å²) in [6.07, 6.45) is 4.87. The lowest BCUT2D eigenvalue weighted by atomic mass is 9.97. The largest absolute Gasteiger partial charge is 0.466 e. The Morgan fingerprint density at radius 2 is 2.17 bits per heavy atom. The van der Waals surface area contributed by atoms with Crippen LogP contribution in [0.3, 0.4) is 0 Å². The van der Waals surface area contributed by atoms with Crippen molar-refractivity contribution in [2.24, 2.45) is 5.92 Å². The fourth-order valence-corrected chi connectivity index (χ4v) is 3.38. The van der Waals surface area contributed by atoms with Gasteiger partial charge < -0.3 is 19.4 Å². The molecule has 0 saturated carbocycles. The van der Waals surface area contributed by atoms with E-state index in [9.17, 15) is 9.59 Å². The van der Waals surface area contributed by atoms with Crippen molar-refractivity contribution in [1.29, 1.82) is 0 Å². The van der Waals surface area contributed by atoms with Crippen LogP contribution in [0.25, 0.3) is 0 Å². The smallest absolute Gasteiger partial charge is 0.309 e.